The number of rotatable bonds is 3. The van der Waals surface area contributed by atoms with Crippen LogP contribution in [0.15, 0.2) is 35.7 Å². The fraction of sp³-hybridized carbons (Fsp3) is 0.321. The Morgan fingerprint density at radius 3 is 2.67 bits per heavy atom. The summed E-state index contributed by atoms with van der Waals surface area (Å²) in [6.45, 7) is 6.63. The second-order valence-electron chi connectivity index (χ2n) is 9.34. The van der Waals surface area contributed by atoms with Gasteiger partial charge in [-0.15, -0.1) is 11.3 Å². The number of phenols is 1. The molecule has 3 nitrogen and oxygen atoms in total. The first-order chi connectivity index (χ1) is 16.0. The van der Waals surface area contributed by atoms with E-state index in [1.54, 1.807) is 11.3 Å². The van der Waals surface area contributed by atoms with Gasteiger partial charge in [0.1, 0.15) is 17.5 Å². The topological polar surface area (TPSA) is 27.3 Å². The summed E-state index contributed by atoms with van der Waals surface area (Å²) in [5, 5.41) is 14.7. The molecule has 0 bridgehead atoms. The van der Waals surface area contributed by atoms with Crippen LogP contribution in [0.4, 0.5) is 5.69 Å². The molecule has 0 fully saturated rings. The van der Waals surface area contributed by atoms with Gasteiger partial charge in [-0.05, 0) is 79.8 Å². The van der Waals surface area contributed by atoms with E-state index in [0.29, 0.717) is 5.75 Å². The van der Waals surface area contributed by atoms with Crippen LogP contribution in [-0.4, -0.2) is 18.2 Å². The first kappa shape index (κ1) is 20.9. The SMILES string of the molecule is CC(=Cc1c(C)c2c3c(c1O)CCCN3CCC2)c1sc2ccc(-c3cccs3)cc2[n+]1C. The maximum atomic E-state index is 11.4. The molecular weight excluding hydrogens is 444 g/mol. The maximum Gasteiger partial charge on any atom is 0.265 e. The number of allylic oxidation sites excluding steroid dienone is 1. The molecule has 0 saturated heterocycles. The summed E-state index contributed by atoms with van der Waals surface area (Å²) < 4.78 is 3.59. The predicted octanol–water partition coefficient (Wildman–Crippen LogP) is 6.73. The van der Waals surface area contributed by atoms with Crippen LogP contribution in [0.5, 0.6) is 5.75 Å². The van der Waals surface area contributed by atoms with Crippen LogP contribution >= 0.6 is 22.7 Å². The Balaban J connectivity index is 1.47. The van der Waals surface area contributed by atoms with Gasteiger partial charge in [-0.1, -0.05) is 23.5 Å². The molecule has 5 heteroatoms. The molecule has 2 aliphatic heterocycles. The van der Waals surface area contributed by atoms with E-state index in [1.165, 1.54) is 60.0 Å². The van der Waals surface area contributed by atoms with Gasteiger partial charge in [-0.3, -0.25) is 0 Å². The van der Waals surface area contributed by atoms with Crippen molar-refractivity contribution in [2.24, 2.45) is 7.05 Å². The molecule has 1 N–H and O–H groups in total. The van der Waals surface area contributed by atoms with E-state index in [9.17, 15) is 5.11 Å². The monoisotopic (exact) mass is 473 g/mol. The van der Waals surface area contributed by atoms with Crippen LogP contribution in [0.25, 0.3) is 32.3 Å². The molecule has 0 radical (unpaired) electrons. The predicted molar refractivity (Wildman–Crippen MR) is 142 cm³/mol. The van der Waals surface area contributed by atoms with E-state index in [4.69, 9.17) is 0 Å². The summed E-state index contributed by atoms with van der Waals surface area (Å²) in [4.78, 5) is 3.80. The number of aromatic hydroxyl groups is 1. The zero-order chi connectivity index (χ0) is 22.7. The van der Waals surface area contributed by atoms with Gasteiger partial charge in [0.15, 0.2) is 0 Å². The highest BCUT2D eigenvalue weighted by Gasteiger charge is 2.30. The van der Waals surface area contributed by atoms with Crippen LogP contribution in [-0.2, 0) is 19.9 Å². The Hall–Kier alpha value is -2.63. The molecular formula is C28H29N2OS2+. The molecule has 0 spiro atoms. The average molecular weight is 474 g/mol. The van der Waals surface area contributed by atoms with Gasteiger partial charge in [-0.25, -0.2) is 0 Å². The number of hydrogen-bond donors (Lipinski definition) is 1. The Labute approximate surface area is 203 Å². The zero-order valence-corrected chi connectivity index (χ0v) is 21.1. The van der Waals surface area contributed by atoms with Crippen LogP contribution in [0.3, 0.4) is 0 Å². The number of hydrogen-bond acceptors (Lipinski definition) is 4. The van der Waals surface area contributed by atoms with Gasteiger partial charge in [0.2, 0.25) is 5.52 Å². The molecule has 0 saturated carbocycles. The number of aromatic nitrogens is 1. The molecule has 0 aliphatic carbocycles. The quantitative estimate of drug-likeness (QED) is 0.334. The normalized spacial score (nSPS) is 15.8. The molecule has 6 rings (SSSR count). The van der Waals surface area contributed by atoms with E-state index in [2.05, 4.69) is 72.2 Å². The zero-order valence-electron chi connectivity index (χ0n) is 19.4. The summed E-state index contributed by atoms with van der Waals surface area (Å²) >= 11 is 3.61. The van der Waals surface area contributed by atoms with Crippen molar-refractivity contribution in [1.82, 2.24) is 0 Å². The van der Waals surface area contributed by atoms with Gasteiger partial charge >= 0.3 is 0 Å². The average Bonchev–Trinajstić information content (AvgIpc) is 3.48. The Morgan fingerprint density at radius 2 is 1.91 bits per heavy atom. The number of thiophene rings is 1. The lowest BCUT2D eigenvalue weighted by atomic mass is 9.85. The molecule has 2 aromatic carbocycles. The highest BCUT2D eigenvalue weighted by atomic mass is 32.1. The van der Waals surface area contributed by atoms with Crippen molar-refractivity contribution >= 4 is 50.2 Å². The van der Waals surface area contributed by atoms with E-state index in [1.807, 2.05) is 11.3 Å². The highest BCUT2D eigenvalue weighted by Crippen LogP contribution is 2.45. The molecule has 4 aromatic rings. The van der Waals surface area contributed by atoms with Crippen molar-refractivity contribution in [3.63, 3.8) is 0 Å². The van der Waals surface area contributed by atoms with Gasteiger partial charge in [0.05, 0.1) is 0 Å². The smallest absolute Gasteiger partial charge is 0.265 e. The number of anilines is 1. The molecule has 33 heavy (non-hydrogen) atoms. The fourth-order valence-electron chi connectivity index (χ4n) is 5.67. The summed E-state index contributed by atoms with van der Waals surface area (Å²) in [6, 6.07) is 11.1. The number of thiazole rings is 1. The minimum atomic E-state index is 0.501. The molecule has 168 valence electrons. The summed E-state index contributed by atoms with van der Waals surface area (Å²) in [5.41, 5.74) is 9.95. The minimum absolute atomic E-state index is 0.501. The highest BCUT2D eigenvalue weighted by molar-refractivity contribution is 7.19. The number of aryl methyl sites for hydroxylation is 1. The van der Waals surface area contributed by atoms with Crippen LogP contribution in [0, 0.1) is 6.92 Å². The standard InChI is InChI=1S/C28H28N2OS2/c1-17(28-29(3)23-16-19(10-11-25(23)33-28)24-9-6-14-32-24)15-22-18(2)20-7-4-12-30-13-5-8-21(26(20)30)27(22)31/h6,9-11,14-16H,4-5,7-8,12-13H2,1-3H3/p+1. The molecule has 0 atom stereocenters. The Kier molecular flexibility index (Phi) is 5.07. The van der Waals surface area contributed by atoms with E-state index >= 15 is 0 Å². The lowest BCUT2D eigenvalue weighted by Gasteiger charge is -2.38. The van der Waals surface area contributed by atoms with Crippen molar-refractivity contribution in [2.45, 2.75) is 39.5 Å². The van der Waals surface area contributed by atoms with Crippen molar-refractivity contribution in [3.8, 4) is 16.2 Å². The largest absolute Gasteiger partial charge is 0.507 e. The summed E-state index contributed by atoms with van der Waals surface area (Å²) in [5.74, 6) is 0.501. The van der Waals surface area contributed by atoms with Crippen LogP contribution < -0.4 is 9.47 Å². The van der Waals surface area contributed by atoms with Crippen molar-refractivity contribution in [2.75, 3.05) is 18.0 Å². The van der Waals surface area contributed by atoms with Crippen LogP contribution in [0.1, 0.15) is 47.0 Å². The van der Waals surface area contributed by atoms with Crippen LogP contribution in [0.2, 0.25) is 0 Å². The molecule has 4 heterocycles. The number of phenolic OH excluding ortho intramolecular Hbond substituents is 1. The Morgan fingerprint density at radius 1 is 1.12 bits per heavy atom. The summed E-state index contributed by atoms with van der Waals surface area (Å²) in [7, 11) is 2.16. The Bertz CT molecular complexity index is 1370. The minimum Gasteiger partial charge on any atom is -0.507 e. The third-order valence-electron chi connectivity index (χ3n) is 7.33. The van der Waals surface area contributed by atoms with Crippen molar-refractivity contribution in [1.29, 1.82) is 0 Å². The maximum absolute atomic E-state index is 11.4. The number of benzene rings is 2. The lowest BCUT2D eigenvalue weighted by Crippen LogP contribution is -2.35. The van der Waals surface area contributed by atoms with Gasteiger partial charge in [0, 0.05) is 46.4 Å². The lowest BCUT2D eigenvalue weighted by molar-refractivity contribution is -0.642. The third kappa shape index (κ3) is 3.32. The van der Waals surface area contributed by atoms with Crippen molar-refractivity contribution in [3.05, 3.63) is 63.0 Å². The molecule has 0 unspecified atom stereocenters. The molecule has 2 aliphatic rings. The third-order valence-corrected chi connectivity index (χ3v) is 9.60. The second-order valence-corrected chi connectivity index (χ2v) is 11.3. The van der Waals surface area contributed by atoms with Crippen molar-refractivity contribution < 1.29 is 9.67 Å². The first-order valence-corrected chi connectivity index (χ1v) is 13.5. The fourth-order valence-corrected chi connectivity index (χ4v) is 7.50. The van der Waals surface area contributed by atoms with E-state index < -0.39 is 0 Å². The van der Waals surface area contributed by atoms with E-state index in [-0.39, 0.29) is 0 Å². The number of nitrogens with zero attached hydrogens (tertiary/aromatic N) is 2. The molecule has 2 aromatic heterocycles. The second kappa shape index (κ2) is 8.00. The van der Waals surface area contributed by atoms with Gasteiger partial charge in [-0.2, -0.15) is 4.57 Å². The first-order valence-electron chi connectivity index (χ1n) is 11.8. The van der Waals surface area contributed by atoms with Gasteiger partial charge in [0.25, 0.3) is 5.01 Å². The van der Waals surface area contributed by atoms with Gasteiger partial charge < -0.3 is 10.0 Å². The molecule has 0 amide bonds. The van der Waals surface area contributed by atoms with E-state index in [0.717, 1.165) is 37.9 Å². The summed E-state index contributed by atoms with van der Waals surface area (Å²) in [6.07, 6.45) is 6.65. The number of fused-ring (bicyclic) bond motifs is 1.